The number of amides is 1. The highest BCUT2D eigenvalue weighted by molar-refractivity contribution is 7.45. The summed E-state index contributed by atoms with van der Waals surface area (Å²) in [6.45, 7) is 4.33. The van der Waals surface area contributed by atoms with E-state index in [0.29, 0.717) is 23.9 Å². The summed E-state index contributed by atoms with van der Waals surface area (Å²) in [7, 11) is 1.23. The fourth-order valence-electron chi connectivity index (χ4n) is 4.02. The maximum Gasteiger partial charge on any atom is 0.268 e. The molecule has 0 aliphatic carbocycles. The Kier molecular flexibility index (Phi) is 23.9. The molecule has 0 fully saturated rings. The van der Waals surface area contributed by atoms with Gasteiger partial charge in [-0.05, 0) is 32.1 Å². The molecule has 0 aliphatic rings. The minimum atomic E-state index is -4.56. The molecule has 0 heterocycles. The largest absolute Gasteiger partial charge is 0.756 e. The molecule has 0 bridgehead atoms. The number of likely N-dealkylation sites (N-methyl/N-ethyl adjacent to an activating group) is 1. The molecule has 1 amide bonds. The summed E-state index contributed by atoms with van der Waals surface area (Å²) >= 11 is 0. The summed E-state index contributed by atoms with van der Waals surface area (Å²) in [5.74, 6) is -0.246. The number of quaternary nitrogens is 1. The van der Waals surface area contributed by atoms with Gasteiger partial charge in [-0.15, -0.1) is 0 Å². The van der Waals surface area contributed by atoms with Crippen LogP contribution in [-0.2, 0) is 18.4 Å². The van der Waals surface area contributed by atoms with Gasteiger partial charge in [0.2, 0.25) is 5.91 Å². The number of aliphatic hydroxyl groups is 1. The minimum Gasteiger partial charge on any atom is -0.756 e. The van der Waals surface area contributed by atoms with Crippen LogP contribution in [0, 0.1) is 0 Å². The van der Waals surface area contributed by atoms with E-state index >= 15 is 0 Å². The van der Waals surface area contributed by atoms with Crippen LogP contribution in [0.15, 0.2) is 24.3 Å². The summed E-state index contributed by atoms with van der Waals surface area (Å²) in [5.41, 5.74) is 0. The van der Waals surface area contributed by atoms with E-state index in [0.717, 1.165) is 25.7 Å². The fourth-order valence-corrected chi connectivity index (χ4v) is 4.75. The van der Waals surface area contributed by atoms with Gasteiger partial charge in [-0.3, -0.25) is 9.36 Å². The van der Waals surface area contributed by atoms with Gasteiger partial charge >= 0.3 is 0 Å². The zero-order valence-corrected chi connectivity index (χ0v) is 27.2. The standard InChI is InChI=1S/C31H61N2O6P/c1-6-8-10-11-12-13-14-15-16-17-18-19-20-21-22-23-24-30(34)29(32-31(35)25-9-7-2)28-39-40(36,37)38-27-26-33(3,4)5/h19-20,23-24,29-30,34H,6-18,21-22,25-28H2,1-5H3,(H-,32,35,36,37)/b20-19+,24-23+. The highest BCUT2D eigenvalue weighted by Gasteiger charge is 2.23. The first-order valence-corrected chi connectivity index (χ1v) is 17.2. The lowest BCUT2D eigenvalue weighted by atomic mass is 10.1. The number of phosphoric ester groups is 1. The van der Waals surface area contributed by atoms with E-state index in [9.17, 15) is 19.4 Å². The average molecular weight is 589 g/mol. The van der Waals surface area contributed by atoms with E-state index in [4.69, 9.17) is 9.05 Å². The number of aliphatic hydroxyl groups excluding tert-OH is 1. The molecule has 0 saturated heterocycles. The molecule has 236 valence electrons. The molecule has 3 atom stereocenters. The molecule has 3 unspecified atom stereocenters. The molecular formula is C31H61N2O6P. The Hall–Kier alpha value is -1.02. The topological polar surface area (TPSA) is 108 Å². The Morgan fingerprint density at radius 3 is 2.00 bits per heavy atom. The predicted octanol–water partition coefficient (Wildman–Crippen LogP) is 6.43. The van der Waals surface area contributed by atoms with Crippen LogP contribution in [0.3, 0.4) is 0 Å². The maximum atomic E-state index is 12.3. The van der Waals surface area contributed by atoms with Crippen molar-refractivity contribution in [1.29, 1.82) is 0 Å². The lowest BCUT2D eigenvalue weighted by Gasteiger charge is -2.29. The van der Waals surface area contributed by atoms with Gasteiger partial charge in [0, 0.05) is 6.42 Å². The second-order valence-corrected chi connectivity index (χ2v) is 13.2. The number of rotatable bonds is 27. The van der Waals surface area contributed by atoms with Gasteiger partial charge in [-0.25, -0.2) is 0 Å². The smallest absolute Gasteiger partial charge is 0.268 e. The number of nitrogens with one attached hydrogen (secondary N) is 1. The first-order chi connectivity index (χ1) is 19.0. The third-order valence-electron chi connectivity index (χ3n) is 6.66. The zero-order chi connectivity index (χ0) is 30.1. The predicted molar refractivity (Wildman–Crippen MR) is 164 cm³/mol. The third kappa shape index (κ3) is 25.9. The molecule has 0 aromatic heterocycles. The molecule has 0 spiro atoms. The van der Waals surface area contributed by atoms with Crippen molar-refractivity contribution in [3.05, 3.63) is 24.3 Å². The SMILES string of the molecule is CCCCCCCCCCCC/C=C/CC/C=C/C(O)C(COP(=O)([O-])OCC[N+](C)(C)C)NC(=O)CCCC. The number of allylic oxidation sites excluding steroid dienone is 3. The van der Waals surface area contributed by atoms with Crippen LogP contribution in [0.4, 0.5) is 0 Å². The van der Waals surface area contributed by atoms with Crippen molar-refractivity contribution in [2.24, 2.45) is 0 Å². The van der Waals surface area contributed by atoms with Crippen LogP contribution in [-0.4, -0.2) is 68.5 Å². The second kappa shape index (κ2) is 24.6. The van der Waals surface area contributed by atoms with Crippen molar-refractivity contribution in [1.82, 2.24) is 5.32 Å². The monoisotopic (exact) mass is 588 g/mol. The van der Waals surface area contributed by atoms with E-state index < -0.39 is 26.6 Å². The van der Waals surface area contributed by atoms with Gasteiger partial charge in [0.25, 0.3) is 7.82 Å². The Labute approximate surface area is 245 Å². The van der Waals surface area contributed by atoms with E-state index in [1.807, 2.05) is 34.1 Å². The Balaban J connectivity index is 4.38. The molecule has 0 aromatic rings. The minimum absolute atomic E-state index is 0.00697. The van der Waals surface area contributed by atoms with Gasteiger partial charge in [0.05, 0.1) is 39.9 Å². The maximum absolute atomic E-state index is 12.3. The summed E-state index contributed by atoms with van der Waals surface area (Å²) in [6, 6.07) is -0.892. The molecule has 0 saturated carbocycles. The molecule has 0 radical (unpaired) electrons. The quantitative estimate of drug-likeness (QED) is 0.0495. The molecule has 40 heavy (non-hydrogen) atoms. The van der Waals surface area contributed by atoms with E-state index in [-0.39, 0.29) is 12.5 Å². The van der Waals surface area contributed by atoms with Crippen molar-refractivity contribution in [2.75, 3.05) is 40.9 Å². The number of nitrogens with zero attached hydrogens (tertiary/aromatic N) is 1. The fraction of sp³-hybridized carbons (Fsp3) is 0.839. The lowest BCUT2D eigenvalue weighted by Crippen LogP contribution is -2.45. The van der Waals surface area contributed by atoms with E-state index in [1.165, 1.54) is 64.2 Å². The third-order valence-corrected chi connectivity index (χ3v) is 7.63. The Bertz CT molecular complexity index is 723. The van der Waals surface area contributed by atoms with Crippen LogP contribution >= 0.6 is 7.82 Å². The number of unbranched alkanes of at least 4 members (excludes halogenated alkanes) is 12. The second-order valence-electron chi connectivity index (χ2n) is 11.8. The van der Waals surface area contributed by atoms with Gasteiger partial charge in [-0.2, -0.15) is 0 Å². The Morgan fingerprint density at radius 1 is 0.850 bits per heavy atom. The summed E-state index contributed by atoms with van der Waals surface area (Å²) in [6.07, 6.45) is 24.7. The molecule has 9 heteroatoms. The van der Waals surface area contributed by atoms with Crippen molar-refractivity contribution < 1.29 is 32.9 Å². The molecule has 0 rings (SSSR count). The highest BCUT2D eigenvalue weighted by Crippen LogP contribution is 2.38. The highest BCUT2D eigenvalue weighted by atomic mass is 31.2. The number of hydrogen-bond acceptors (Lipinski definition) is 6. The van der Waals surface area contributed by atoms with Gasteiger partial charge in [0.1, 0.15) is 13.2 Å². The van der Waals surface area contributed by atoms with Crippen molar-refractivity contribution in [3.8, 4) is 0 Å². The molecule has 0 aliphatic heterocycles. The van der Waals surface area contributed by atoms with Crippen LogP contribution < -0.4 is 10.2 Å². The van der Waals surface area contributed by atoms with Crippen LogP contribution in [0.2, 0.25) is 0 Å². The van der Waals surface area contributed by atoms with Crippen molar-refractivity contribution >= 4 is 13.7 Å². The number of carbonyl (C=O) groups excluding carboxylic acids is 1. The van der Waals surface area contributed by atoms with Gasteiger partial charge in [0.15, 0.2) is 0 Å². The van der Waals surface area contributed by atoms with Gasteiger partial charge in [-0.1, -0.05) is 102 Å². The lowest BCUT2D eigenvalue weighted by molar-refractivity contribution is -0.870. The summed E-state index contributed by atoms with van der Waals surface area (Å²) in [4.78, 5) is 24.4. The molecule has 0 aromatic carbocycles. The summed E-state index contributed by atoms with van der Waals surface area (Å²) < 4.78 is 22.7. The van der Waals surface area contributed by atoms with E-state index in [1.54, 1.807) is 6.08 Å². The van der Waals surface area contributed by atoms with Crippen LogP contribution in [0.5, 0.6) is 0 Å². The van der Waals surface area contributed by atoms with Gasteiger partial charge < -0.3 is 28.8 Å². The summed E-state index contributed by atoms with van der Waals surface area (Å²) in [5, 5.41) is 13.4. The first-order valence-electron chi connectivity index (χ1n) is 15.7. The number of hydrogen-bond donors (Lipinski definition) is 2. The number of carbonyl (C=O) groups is 1. The van der Waals surface area contributed by atoms with Crippen LogP contribution in [0.1, 0.15) is 117 Å². The number of phosphoric acid groups is 1. The average Bonchev–Trinajstić information content (AvgIpc) is 2.88. The zero-order valence-electron chi connectivity index (χ0n) is 26.3. The molecular weight excluding hydrogens is 527 g/mol. The van der Waals surface area contributed by atoms with Crippen molar-refractivity contribution in [2.45, 2.75) is 129 Å². The molecule has 2 N–H and O–H groups in total. The first kappa shape index (κ1) is 39.0. The Morgan fingerprint density at radius 2 is 1.40 bits per heavy atom. The molecule has 8 nitrogen and oxygen atoms in total. The normalized spacial score (nSPS) is 15.5. The van der Waals surface area contributed by atoms with E-state index in [2.05, 4.69) is 24.4 Å². The van der Waals surface area contributed by atoms with Crippen molar-refractivity contribution in [3.63, 3.8) is 0 Å². The van der Waals surface area contributed by atoms with Crippen LogP contribution in [0.25, 0.3) is 0 Å².